The summed E-state index contributed by atoms with van der Waals surface area (Å²) in [5.74, 6) is -0.0223. The predicted octanol–water partition coefficient (Wildman–Crippen LogP) is 3.27. The molecule has 26 heavy (non-hydrogen) atoms. The highest BCUT2D eigenvalue weighted by molar-refractivity contribution is 7.19. The smallest absolute Gasteiger partial charge is 0.228 e. The van der Waals surface area contributed by atoms with Crippen LogP contribution in [-0.2, 0) is 9.59 Å². The highest BCUT2D eigenvalue weighted by Crippen LogP contribution is 2.35. The van der Waals surface area contributed by atoms with Crippen molar-refractivity contribution < 1.29 is 9.59 Å². The second-order valence-electron chi connectivity index (χ2n) is 7.45. The zero-order chi connectivity index (χ0) is 18.9. The first-order valence-electron chi connectivity index (χ1n) is 8.62. The van der Waals surface area contributed by atoms with Gasteiger partial charge in [-0.05, 0) is 12.8 Å². The Morgan fingerprint density at radius 1 is 1.27 bits per heavy atom. The molecule has 2 amide bonds. The fourth-order valence-electron chi connectivity index (χ4n) is 3.01. The lowest BCUT2D eigenvalue weighted by atomic mass is 9.94. The lowest BCUT2D eigenvalue weighted by molar-refractivity contribution is -0.140. The molecule has 2 aromatic heterocycles. The Balaban J connectivity index is 1.86. The van der Waals surface area contributed by atoms with Crippen LogP contribution >= 0.6 is 11.3 Å². The van der Waals surface area contributed by atoms with Gasteiger partial charge in [0, 0.05) is 25.1 Å². The fourth-order valence-corrected chi connectivity index (χ4v) is 3.83. The SMILES string of the molecule is CC(=O)Nc1ncc(-c2cncc([C@H]3CCCN3C(=O)C(C)(C)C)n2)s1. The number of aromatic nitrogens is 3. The number of nitrogens with zero attached hydrogens (tertiary/aromatic N) is 4. The van der Waals surface area contributed by atoms with E-state index in [0.717, 1.165) is 30.0 Å². The molecule has 0 saturated carbocycles. The van der Waals surface area contributed by atoms with Crippen molar-refractivity contribution in [2.45, 2.75) is 46.6 Å². The van der Waals surface area contributed by atoms with E-state index < -0.39 is 5.41 Å². The van der Waals surface area contributed by atoms with Crippen LogP contribution in [0.5, 0.6) is 0 Å². The van der Waals surface area contributed by atoms with Crippen molar-refractivity contribution in [3.8, 4) is 10.6 Å². The standard InChI is InChI=1S/C18H23N5O2S/c1-11(24)21-17-20-10-15(26-17)13-9-19-8-12(22-13)14-6-5-7-23(14)16(25)18(2,3)4/h8-10,14H,5-7H2,1-4H3,(H,20,21,24)/t14-/m1/s1. The van der Waals surface area contributed by atoms with Gasteiger partial charge < -0.3 is 10.2 Å². The molecule has 0 aliphatic carbocycles. The van der Waals surface area contributed by atoms with E-state index in [2.05, 4.69) is 15.3 Å². The third kappa shape index (κ3) is 3.90. The molecular formula is C18H23N5O2S. The van der Waals surface area contributed by atoms with E-state index in [0.29, 0.717) is 10.8 Å². The van der Waals surface area contributed by atoms with Crippen molar-refractivity contribution in [3.63, 3.8) is 0 Å². The van der Waals surface area contributed by atoms with Crippen LogP contribution in [0.15, 0.2) is 18.6 Å². The Kier molecular flexibility index (Phi) is 5.04. The van der Waals surface area contributed by atoms with Crippen LogP contribution in [0.1, 0.15) is 52.3 Å². The van der Waals surface area contributed by atoms with Crippen LogP contribution in [0.4, 0.5) is 5.13 Å². The predicted molar refractivity (Wildman–Crippen MR) is 101 cm³/mol. The molecule has 0 radical (unpaired) electrons. The molecule has 1 N–H and O–H groups in total. The van der Waals surface area contributed by atoms with Crippen LogP contribution in [0.25, 0.3) is 10.6 Å². The second kappa shape index (κ2) is 7.11. The molecule has 3 rings (SSSR count). The van der Waals surface area contributed by atoms with E-state index in [1.165, 1.54) is 18.3 Å². The van der Waals surface area contributed by atoms with Gasteiger partial charge in [0.1, 0.15) is 5.69 Å². The van der Waals surface area contributed by atoms with E-state index in [-0.39, 0.29) is 17.9 Å². The molecule has 7 nitrogen and oxygen atoms in total. The number of thiazole rings is 1. The number of nitrogens with one attached hydrogen (secondary N) is 1. The highest BCUT2D eigenvalue weighted by atomic mass is 32.1. The minimum atomic E-state index is -0.418. The van der Waals surface area contributed by atoms with E-state index in [4.69, 9.17) is 4.98 Å². The molecule has 8 heteroatoms. The van der Waals surface area contributed by atoms with Gasteiger partial charge >= 0.3 is 0 Å². The zero-order valence-corrected chi connectivity index (χ0v) is 16.3. The number of hydrogen-bond donors (Lipinski definition) is 1. The molecule has 1 aliphatic rings. The molecular weight excluding hydrogens is 350 g/mol. The summed E-state index contributed by atoms with van der Waals surface area (Å²) in [4.78, 5) is 39.9. The first-order valence-corrected chi connectivity index (χ1v) is 9.44. The van der Waals surface area contributed by atoms with Crippen LogP contribution in [-0.4, -0.2) is 38.2 Å². The molecule has 0 unspecified atom stereocenters. The maximum Gasteiger partial charge on any atom is 0.228 e. The molecule has 0 spiro atoms. The third-order valence-corrected chi connectivity index (χ3v) is 5.13. The highest BCUT2D eigenvalue weighted by Gasteiger charge is 2.36. The topological polar surface area (TPSA) is 88.1 Å². The molecule has 3 heterocycles. The van der Waals surface area contributed by atoms with Gasteiger partial charge in [-0.15, -0.1) is 0 Å². The van der Waals surface area contributed by atoms with Gasteiger partial charge in [-0.1, -0.05) is 32.1 Å². The monoisotopic (exact) mass is 373 g/mol. The molecule has 2 aromatic rings. The number of rotatable bonds is 3. The Bertz CT molecular complexity index is 827. The summed E-state index contributed by atoms with van der Waals surface area (Å²) in [7, 11) is 0. The van der Waals surface area contributed by atoms with Crippen molar-refractivity contribution in [1.82, 2.24) is 19.9 Å². The zero-order valence-electron chi connectivity index (χ0n) is 15.4. The Hall–Kier alpha value is -2.35. The Morgan fingerprint density at radius 3 is 2.73 bits per heavy atom. The van der Waals surface area contributed by atoms with Crippen molar-refractivity contribution in [2.75, 3.05) is 11.9 Å². The number of anilines is 1. The van der Waals surface area contributed by atoms with Crippen molar-refractivity contribution in [3.05, 3.63) is 24.3 Å². The van der Waals surface area contributed by atoms with Crippen molar-refractivity contribution >= 4 is 28.3 Å². The van der Waals surface area contributed by atoms with Crippen LogP contribution in [0.3, 0.4) is 0 Å². The summed E-state index contributed by atoms with van der Waals surface area (Å²) < 4.78 is 0. The summed E-state index contributed by atoms with van der Waals surface area (Å²) in [5.41, 5.74) is 1.08. The quantitative estimate of drug-likeness (QED) is 0.892. The van der Waals surface area contributed by atoms with Crippen molar-refractivity contribution in [2.24, 2.45) is 5.41 Å². The van der Waals surface area contributed by atoms with Gasteiger partial charge in [-0.3, -0.25) is 14.6 Å². The first-order chi connectivity index (χ1) is 12.3. The van der Waals surface area contributed by atoms with Crippen LogP contribution in [0, 0.1) is 5.41 Å². The van der Waals surface area contributed by atoms with Crippen molar-refractivity contribution in [1.29, 1.82) is 0 Å². The number of carbonyl (C=O) groups excluding carboxylic acids is 2. The van der Waals surface area contributed by atoms with E-state index >= 15 is 0 Å². The average molecular weight is 373 g/mol. The van der Waals surface area contributed by atoms with E-state index in [1.807, 2.05) is 25.7 Å². The Morgan fingerprint density at radius 2 is 2.04 bits per heavy atom. The molecule has 0 bridgehead atoms. The summed E-state index contributed by atoms with van der Waals surface area (Å²) >= 11 is 1.35. The van der Waals surface area contributed by atoms with Gasteiger partial charge in [0.15, 0.2) is 5.13 Å². The summed E-state index contributed by atoms with van der Waals surface area (Å²) in [6, 6.07) is -0.0445. The van der Waals surface area contributed by atoms with Gasteiger partial charge in [-0.25, -0.2) is 9.97 Å². The number of likely N-dealkylation sites (tertiary alicyclic amines) is 1. The molecule has 0 aromatic carbocycles. The molecule has 1 atom stereocenters. The minimum absolute atomic E-state index is 0.0445. The largest absolute Gasteiger partial charge is 0.334 e. The number of carbonyl (C=O) groups is 2. The number of amides is 2. The first kappa shape index (κ1) is 18.4. The lowest BCUT2D eigenvalue weighted by Crippen LogP contribution is -2.39. The molecule has 1 saturated heterocycles. The third-order valence-electron chi connectivity index (χ3n) is 4.19. The van der Waals surface area contributed by atoms with Gasteiger partial charge in [-0.2, -0.15) is 0 Å². The molecule has 1 fully saturated rings. The molecule has 138 valence electrons. The lowest BCUT2D eigenvalue weighted by Gasteiger charge is -2.30. The normalized spacial score (nSPS) is 17.4. The second-order valence-corrected chi connectivity index (χ2v) is 8.48. The maximum atomic E-state index is 12.7. The number of hydrogen-bond acceptors (Lipinski definition) is 6. The van der Waals surface area contributed by atoms with Gasteiger partial charge in [0.25, 0.3) is 0 Å². The fraction of sp³-hybridized carbons (Fsp3) is 0.500. The van der Waals surface area contributed by atoms with E-state index in [1.54, 1.807) is 18.6 Å². The molecule has 1 aliphatic heterocycles. The Labute approximate surface area is 156 Å². The van der Waals surface area contributed by atoms with E-state index in [9.17, 15) is 9.59 Å². The van der Waals surface area contributed by atoms with Crippen LogP contribution < -0.4 is 5.32 Å². The minimum Gasteiger partial charge on any atom is -0.334 e. The van der Waals surface area contributed by atoms with Gasteiger partial charge in [0.2, 0.25) is 11.8 Å². The summed E-state index contributed by atoms with van der Waals surface area (Å²) in [6.07, 6.45) is 6.94. The van der Waals surface area contributed by atoms with Gasteiger partial charge in [0.05, 0.1) is 29.0 Å². The summed E-state index contributed by atoms with van der Waals surface area (Å²) in [6.45, 7) is 8.01. The summed E-state index contributed by atoms with van der Waals surface area (Å²) in [5, 5.41) is 3.20. The average Bonchev–Trinajstić information content (AvgIpc) is 3.22. The maximum absolute atomic E-state index is 12.7. The van der Waals surface area contributed by atoms with Crippen LogP contribution in [0.2, 0.25) is 0 Å².